The third kappa shape index (κ3) is 4.10. The summed E-state index contributed by atoms with van der Waals surface area (Å²) in [6.45, 7) is 1.33. The van der Waals surface area contributed by atoms with Crippen LogP contribution >= 0.6 is 8.03 Å². The van der Waals surface area contributed by atoms with Crippen molar-refractivity contribution >= 4 is 17.9 Å². The van der Waals surface area contributed by atoms with Crippen LogP contribution in [0.2, 0.25) is 0 Å². The van der Waals surface area contributed by atoms with Gasteiger partial charge in [0.05, 0.1) is 6.61 Å². The molecule has 0 aromatic rings. The average molecular weight is 240 g/mol. The Morgan fingerprint density at radius 2 is 1.85 bits per heavy atom. The van der Waals surface area contributed by atoms with Gasteiger partial charge in [-0.1, -0.05) is 0 Å². The van der Waals surface area contributed by atoms with Crippen molar-refractivity contribution in [3.05, 3.63) is 0 Å². The van der Waals surface area contributed by atoms with Crippen LogP contribution in [0.3, 0.4) is 0 Å². The van der Waals surface area contributed by atoms with Gasteiger partial charge < -0.3 is 4.52 Å². The summed E-state index contributed by atoms with van der Waals surface area (Å²) in [5.41, 5.74) is -6.83. The van der Waals surface area contributed by atoms with E-state index in [-0.39, 0.29) is 6.61 Å². The summed E-state index contributed by atoms with van der Waals surface area (Å²) in [4.78, 5) is 0. The Bertz CT molecular complexity index is 282. The first-order valence-electron chi connectivity index (χ1n) is 3.15. The van der Waals surface area contributed by atoms with Gasteiger partial charge in [-0.05, 0) is 6.92 Å². The lowest BCUT2D eigenvalue weighted by atomic mass is 10.9. The smallest absolute Gasteiger partial charge is 0.330 e. The maximum absolute atomic E-state index is 11.7. The second-order valence-electron chi connectivity index (χ2n) is 2.01. The number of hydrogen-bond donors (Lipinski definition) is 0. The molecule has 0 spiro atoms. The van der Waals surface area contributed by atoms with E-state index in [1.807, 2.05) is 0 Å². The molecular formula is C4H8F3O4PS. The van der Waals surface area contributed by atoms with E-state index in [0.29, 0.717) is 0 Å². The molecule has 0 aliphatic rings. The van der Waals surface area contributed by atoms with E-state index in [1.165, 1.54) is 6.92 Å². The van der Waals surface area contributed by atoms with E-state index in [0.717, 1.165) is 0 Å². The number of alkyl halides is 3. The SMILES string of the molecule is CCO[PH](=O)CS(=O)(=O)C(F)(F)F. The minimum Gasteiger partial charge on any atom is -0.330 e. The fourth-order valence-electron chi connectivity index (χ4n) is 0.440. The highest BCUT2D eigenvalue weighted by Crippen LogP contribution is 2.32. The van der Waals surface area contributed by atoms with Crippen molar-refractivity contribution in [2.75, 3.05) is 12.1 Å². The molecule has 1 atom stereocenters. The molecule has 0 N–H and O–H groups in total. The molecule has 0 amide bonds. The number of hydrogen-bond acceptors (Lipinski definition) is 4. The quantitative estimate of drug-likeness (QED) is 0.696. The van der Waals surface area contributed by atoms with Gasteiger partial charge in [-0.3, -0.25) is 4.57 Å². The van der Waals surface area contributed by atoms with E-state index in [4.69, 9.17) is 0 Å². The average Bonchev–Trinajstić information content (AvgIpc) is 1.83. The second-order valence-corrected chi connectivity index (χ2v) is 5.89. The monoisotopic (exact) mass is 240 g/mol. The molecule has 0 aromatic heterocycles. The molecule has 0 heterocycles. The maximum Gasteiger partial charge on any atom is 0.497 e. The fourth-order valence-corrected chi connectivity index (χ4v) is 2.99. The summed E-state index contributed by atoms with van der Waals surface area (Å²) in [5, 5.41) is 0. The van der Waals surface area contributed by atoms with Crippen LogP contribution in [0.1, 0.15) is 6.92 Å². The fraction of sp³-hybridized carbons (Fsp3) is 1.00. The molecule has 4 nitrogen and oxygen atoms in total. The third-order valence-electron chi connectivity index (χ3n) is 0.966. The predicted molar refractivity (Wildman–Crippen MR) is 40.5 cm³/mol. The zero-order chi connectivity index (χ0) is 10.7. The molecule has 0 fully saturated rings. The molecule has 0 aromatic carbocycles. The summed E-state index contributed by atoms with van der Waals surface area (Å²) in [6.07, 6.45) is 0. The highest BCUT2D eigenvalue weighted by molar-refractivity contribution is 7.96. The third-order valence-corrected chi connectivity index (χ3v) is 4.74. The van der Waals surface area contributed by atoms with Crippen LogP contribution in [-0.4, -0.2) is 26.0 Å². The van der Waals surface area contributed by atoms with Crippen LogP contribution in [0.5, 0.6) is 0 Å². The number of halogens is 3. The van der Waals surface area contributed by atoms with Crippen molar-refractivity contribution in [3.63, 3.8) is 0 Å². The van der Waals surface area contributed by atoms with Gasteiger partial charge in [0.15, 0.2) is 0 Å². The van der Waals surface area contributed by atoms with Crippen LogP contribution < -0.4 is 0 Å². The van der Waals surface area contributed by atoms with Crippen LogP contribution in [0.4, 0.5) is 13.2 Å². The number of sulfone groups is 1. The first-order valence-corrected chi connectivity index (χ1v) is 6.33. The molecule has 0 aliphatic heterocycles. The van der Waals surface area contributed by atoms with Gasteiger partial charge in [0.1, 0.15) is 5.49 Å². The predicted octanol–water partition coefficient (Wildman–Crippen LogP) is 1.39. The lowest BCUT2D eigenvalue weighted by Crippen LogP contribution is -2.24. The van der Waals surface area contributed by atoms with E-state index in [9.17, 15) is 26.2 Å². The molecule has 0 bridgehead atoms. The molecule has 80 valence electrons. The van der Waals surface area contributed by atoms with Crippen molar-refractivity contribution < 1.29 is 30.7 Å². The van der Waals surface area contributed by atoms with Gasteiger partial charge in [0.25, 0.3) is 9.84 Å². The van der Waals surface area contributed by atoms with Crippen molar-refractivity contribution in [2.45, 2.75) is 12.4 Å². The molecule has 13 heavy (non-hydrogen) atoms. The van der Waals surface area contributed by atoms with Crippen molar-refractivity contribution in [2.24, 2.45) is 0 Å². The first kappa shape index (κ1) is 12.9. The van der Waals surface area contributed by atoms with E-state index < -0.39 is 28.9 Å². The van der Waals surface area contributed by atoms with Gasteiger partial charge in [-0.15, -0.1) is 0 Å². The van der Waals surface area contributed by atoms with Crippen LogP contribution in [0.25, 0.3) is 0 Å². The summed E-state index contributed by atoms with van der Waals surface area (Å²) in [6, 6.07) is 0. The Labute approximate surface area is 73.9 Å². The zero-order valence-electron chi connectivity index (χ0n) is 6.59. The van der Waals surface area contributed by atoms with Crippen LogP contribution in [-0.2, 0) is 18.9 Å². The molecule has 9 heteroatoms. The highest BCUT2D eigenvalue weighted by Gasteiger charge is 2.46. The molecule has 1 unspecified atom stereocenters. The lowest BCUT2D eigenvalue weighted by molar-refractivity contribution is -0.0431. The van der Waals surface area contributed by atoms with E-state index >= 15 is 0 Å². The Balaban J connectivity index is 4.46. The Kier molecular flexibility index (Phi) is 4.41. The van der Waals surface area contributed by atoms with E-state index in [2.05, 4.69) is 4.52 Å². The van der Waals surface area contributed by atoms with Gasteiger partial charge >= 0.3 is 5.51 Å². The Morgan fingerprint density at radius 3 is 2.15 bits per heavy atom. The standard InChI is InChI=1S/C4H8F3O4PS/c1-2-11-12(8)3-13(9,10)4(5,6)7/h12H,2-3H2,1H3. The molecule has 0 saturated carbocycles. The summed E-state index contributed by atoms with van der Waals surface area (Å²) in [7, 11) is -8.45. The van der Waals surface area contributed by atoms with Gasteiger partial charge in [0.2, 0.25) is 8.03 Å². The molecule has 0 rings (SSSR count). The van der Waals surface area contributed by atoms with Crippen LogP contribution in [0.15, 0.2) is 0 Å². The molecule has 0 saturated heterocycles. The minimum atomic E-state index is -5.36. The van der Waals surface area contributed by atoms with Crippen molar-refractivity contribution in [1.29, 1.82) is 0 Å². The summed E-state index contributed by atoms with van der Waals surface area (Å²) < 4.78 is 70.5. The number of rotatable bonds is 4. The molecule has 0 radical (unpaired) electrons. The molecule has 0 aliphatic carbocycles. The highest BCUT2D eigenvalue weighted by atomic mass is 32.2. The second kappa shape index (κ2) is 4.43. The maximum atomic E-state index is 11.7. The first-order chi connectivity index (χ1) is 5.70. The Morgan fingerprint density at radius 1 is 1.38 bits per heavy atom. The van der Waals surface area contributed by atoms with Gasteiger partial charge in [-0.2, -0.15) is 13.2 Å². The Hall–Kier alpha value is -0.0700. The summed E-state index contributed by atoms with van der Waals surface area (Å²) in [5.74, 6) is 0. The van der Waals surface area contributed by atoms with Crippen molar-refractivity contribution in [1.82, 2.24) is 0 Å². The van der Waals surface area contributed by atoms with E-state index in [1.54, 1.807) is 0 Å². The lowest BCUT2D eigenvalue weighted by Gasteiger charge is -2.07. The zero-order valence-corrected chi connectivity index (χ0v) is 8.41. The van der Waals surface area contributed by atoms with Gasteiger partial charge in [-0.25, -0.2) is 8.42 Å². The van der Waals surface area contributed by atoms with Gasteiger partial charge in [0, 0.05) is 0 Å². The minimum absolute atomic E-state index is 0.0782. The topological polar surface area (TPSA) is 60.4 Å². The molecular weight excluding hydrogens is 232 g/mol. The largest absolute Gasteiger partial charge is 0.497 e. The van der Waals surface area contributed by atoms with Crippen molar-refractivity contribution in [3.8, 4) is 0 Å². The summed E-state index contributed by atoms with van der Waals surface area (Å²) >= 11 is 0. The van der Waals surface area contributed by atoms with Crippen LogP contribution in [0, 0.1) is 0 Å². The normalized spacial score (nSPS) is 15.7.